The molecule has 2 aromatic carbocycles. The molecule has 21 heavy (non-hydrogen) atoms. The van der Waals surface area contributed by atoms with E-state index in [0.717, 1.165) is 11.1 Å². The third-order valence-electron chi connectivity index (χ3n) is 2.86. The van der Waals surface area contributed by atoms with E-state index in [4.69, 9.17) is 15.2 Å². The first-order chi connectivity index (χ1) is 10.2. The van der Waals surface area contributed by atoms with Gasteiger partial charge in [-0.25, -0.2) is 0 Å². The second-order valence-corrected chi connectivity index (χ2v) is 4.42. The van der Waals surface area contributed by atoms with Gasteiger partial charge in [-0.2, -0.15) is 0 Å². The second-order valence-electron chi connectivity index (χ2n) is 4.42. The van der Waals surface area contributed by atoms with Gasteiger partial charge < -0.3 is 15.2 Å². The minimum Gasteiger partial charge on any atom is -0.493 e. The van der Waals surface area contributed by atoms with Crippen LogP contribution in [0.4, 0.5) is 0 Å². The van der Waals surface area contributed by atoms with Crippen LogP contribution in [-0.2, 0) is 11.4 Å². The van der Waals surface area contributed by atoms with Crippen molar-refractivity contribution >= 4 is 12.0 Å². The Balaban J connectivity index is 2.11. The largest absolute Gasteiger partial charge is 0.493 e. The monoisotopic (exact) mass is 283 g/mol. The number of ether oxygens (including phenoxy) is 2. The first-order valence-electron chi connectivity index (χ1n) is 6.51. The van der Waals surface area contributed by atoms with Gasteiger partial charge in [0.15, 0.2) is 11.5 Å². The van der Waals surface area contributed by atoms with Gasteiger partial charge in [0.25, 0.3) is 0 Å². The van der Waals surface area contributed by atoms with E-state index >= 15 is 0 Å². The predicted molar refractivity (Wildman–Crippen MR) is 82.0 cm³/mol. The molecule has 2 N–H and O–H groups in total. The van der Waals surface area contributed by atoms with Crippen LogP contribution in [-0.4, -0.2) is 13.0 Å². The highest BCUT2D eigenvalue weighted by Gasteiger charge is 2.05. The van der Waals surface area contributed by atoms with Crippen molar-refractivity contribution in [1.82, 2.24) is 0 Å². The first-order valence-corrected chi connectivity index (χ1v) is 6.51. The lowest BCUT2D eigenvalue weighted by Crippen LogP contribution is -2.05. The van der Waals surface area contributed by atoms with Crippen LogP contribution in [0.3, 0.4) is 0 Å². The van der Waals surface area contributed by atoms with Crippen molar-refractivity contribution in [2.75, 3.05) is 7.11 Å². The van der Waals surface area contributed by atoms with E-state index in [1.54, 1.807) is 19.3 Å². The minimum absolute atomic E-state index is 0.466. The molecule has 0 unspecified atom stereocenters. The number of amides is 1. The summed E-state index contributed by atoms with van der Waals surface area (Å²) >= 11 is 0. The highest BCUT2D eigenvalue weighted by atomic mass is 16.5. The normalized spacial score (nSPS) is 10.5. The first kappa shape index (κ1) is 14.7. The van der Waals surface area contributed by atoms with Crippen LogP contribution < -0.4 is 15.2 Å². The summed E-state index contributed by atoms with van der Waals surface area (Å²) in [6, 6.07) is 15.3. The molecular formula is C17H17NO3. The maximum absolute atomic E-state index is 10.7. The van der Waals surface area contributed by atoms with Crippen LogP contribution in [0.25, 0.3) is 6.08 Å². The fourth-order valence-electron chi connectivity index (χ4n) is 1.82. The van der Waals surface area contributed by atoms with E-state index < -0.39 is 5.91 Å². The highest BCUT2D eigenvalue weighted by molar-refractivity contribution is 5.90. The molecule has 0 aromatic heterocycles. The van der Waals surface area contributed by atoms with Gasteiger partial charge in [0.1, 0.15) is 6.61 Å². The summed E-state index contributed by atoms with van der Waals surface area (Å²) in [5, 5.41) is 0. The number of carbonyl (C=O) groups is 1. The summed E-state index contributed by atoms with van der Waals surface area (Å²) in [6.45, 7) is 0.466. The van der Waals surface area contributed by atoms with E-state index in [9.17, 15) is 4.79 Å². The van der Waals surface area contributed by atoms with Crippen molar-refractivity contribution in [3.05, 3.63) is 65.7 Å². The zero-order chi connectivity index (χ0) is 15.1. The van der Waals surface area contributed by atoms with Gasteiger partial charge in [0.05, 0.1) is 7.11 Å². The van der Waals surface area contributed by atoms with E-state index in [2.05, 4.69) is 0 Å². The van der Waals surface area contributed by atoms with Crippen LogP contribution in [0.1, 0.15) is 11.1 Å². The fourth-order valence-corrected chi connectivity index (χ4v) is 1.82. The Bertz CT molecular complexity index is 636. The predicted octanol–water partition coefficient (Wildman–Crippen LogP) is 2.77. The molecular weight excluding hydrogens is 266 g/mol. The van der Waals surface area contributed by atoms with Crippen LogP contribution in [0, 0.1) is 0 Å². The Morgan fingerprint density at radius 2 is 1.90 bits per heavy atom. The average Bonchev–Trinajstić information content (AvgIpc) is 2.52. The maximum atomic E-state index is 10.7. The summed E-state index contributed by atoms with van der Waals surface area (Å²) in [4.78, 5) is 10.7. The SMILES string of the molecule is COc1cc(/C=C/C(N)=O)ccc1OCc1ccccc1. The molecule has 0 spiro atoms. The fraction of sp³-hybridized carbons (Fsp3) is 0.118. The Labute approximate surface area is 123 Å². The number of nitrogens with two attached hydrogens (primary N) is 1. The lowest BCUT2D eigenvalue weighted by atomic mass is 10.2. The molecule has 2 aromatic rings. The van der Waals surface area contributed by atoms with E-state index in [1.165, 1.54) is 6.08 Å². The molecule has 0 saturated heterocycles. The zero-order valence-electron chi connectivity index (χ0n) is 11.8. The van der Waals surface area contributed by atoms with Crippen LogP contribution >= 0.6 is 0 Å². The standard InChI is InChI=1S/C17H17NO3/c1-20-16-11-13(8-10-17(18)19)7-9-15(16)21-12-14-5-3-2-4-6-14/h2-11H,12H2,1H3,(H2,18,19)/b10-8+. The summed E-state index contributed by atoms with van der Waals surface area (Å²) in [6.07, 6.45) is 2.94. The van der Waals surface area contributed by atoms with Crippen LogP contribution in [0.15, 0.2) is 54.6 Å². The third-order valence-corrected chi connectivity index (χ3v) is 2.86. The number of methoxy groups -OCH3 is 1. The Morgan fingerprint density at radius 3 is 2.57 bits per heavy atom. The smallest absolute Gasteiger partial charge is 0.241 e. The summed E-state index contributed by atoms with van der Waals surface area (Å²) in [5.41, 5.74) is 6.97. The van der Waals surface area contributed by atoms with Crippen molar-refractivity contribution in [2.45, 2.75) is 6.61 Å². The molecule has 0 radical (unpaired) electrons. The number of rotatable bonds is 6. The molecule has 4 nitrogen and oxygen atoms in total. The summed E-state index contributed by atoms with van der Waals surface area (Å²) in [5.74, 6) is 0.772. The molecule has 0 aliphatic rings. The number of benzene rings is 2. The van der Waals surface area contributed by atoms with Gasteiger partial charge in [-0.15, -0.1) is 0 Å². The number of hydrogen-bond donors (Lipinski definition) is 1. The van der Waals surface area contributed by atoms with Crippen molar-refractivity contribution in [1.29, 1.82) is 0 Å². The minimum atomic E-state index is -0.488. The highest BCUT2D eigenvalue weighted by Crippen LogP contribution is 2.29. The topological polar surface area (TPSA) is 61.5 Å². The van der Waals surface area contributed by atoms with Gasteiger partial charge >= 0.3 is 0 Å². The van der Waals surface area contributed by atoms with Crippen LogP contribution in [0.2, 0.25) is 0 Å². The average molecular weight is 283 g/mol. The van der Waals surface area contributed by atoms with Crippen molar-refractivity contribution in [2.24, 2.45) is 5.73 Å². The van der Waals surface area contributed by atoms with E-state index in [0.29, 0.717) is 18.1 Å². The third kappa shape index (κ3) is 4.38. The zero-order valence-corrected chi connectivity index (χ0v) is 11.8. The summed E-state index contributed by atoms with van der Waals surface area (Å²) in [7, 11) is 1.58. The molecule has 0 bridgehead atoms. The lowest BCUT2D eigenvalue weighted by molar-refractivity contribution is -0.113. The number of carbonyl (C=O) groups excluding carboxylic acids is 1. The molecule has 108 valence electrons. The van der Waals surface area contributed by atoms with Gasteiger partial charge in [-0.1, -0.05) is 36.4 Å². The van der Waals surface area contributed by atoms with E-state index in [-0.39, 0.29) is 0 Å². The van der Waals surface area contributed by atoms with Crippen molar-refractivity contribution < 1.29 is 14.3 Å². The molecule has 4 heteroatoms. The van der Waals surface area contributed by atoms with Gasteiger partial charge in [0, 0.05) is 6.08 Å². The molecule has 1 amide bonds. The molecule has 0 fully saturated rings. The molecule has 0 aliphatic carbocycles. The van der Waals surface area contributed by atoms with Gasteiger partial charge in [0.2, 0.25) is 5.91 Å². The quantitative estimate of drug-likeness (QED) is 0.829. The molecule has 0 atom stereocenters. The molecule has 0 saturated carbocycles. The molecule has 0 aliphatic heterocycles. The summed E-state index contributed by atoms with van der Waals surface area (Å²) < 4.78 is 11.1. The van der Waals surface area contributed by atoms with Crippen molar-refractivity contribution in [3.63, 3.8) is 0 Å². The Morgan fingerprint density at radius 1 is 1.14 bits per heavy atom. The number of hydrogen-bond acceptors (Lipinski definition) is 3. The van der Waals surface area contributed by atoms with Crippen molar-refractivity contribution in [3.8, 4) is 11.5 Å². The van der Waals surface area contributed by atoms with Gasteiger partial charge in [-0.05, 0) is 29.3 Å². The Hall–Kier alpha value is -2.75. The Kier molecular flexibility index (Phi) is 4.99. The maximum Gasteiger partial charge on any atom is 0.241 e. The second kappa shape index (κ2) is 7.14. The lowest BCUT2D eigenvalue weighted by Gasteiger charge is -2.11. The van der Waals surface area contributed by atoms with E-state index in [1.807, 2.05) is 42.5 Å². The number of primary amides is 1. The molecule has 0 heterocycles. The molecule has 2 rings (SSSR count). The van der Waals surface area contributed by atoms with Gasteiger partial charge in [-0.3, -0.25) is 4.79 Å². The van der Waals surface area contributed by atoms with Crippen LogP contribution in [0.5, 0.6) is 11.5 Å².